The molecule has 0 amide bonds. The first-order valence-electron chi connectivity index (χ1n) is 5.95. The zero-order valence-corrected chi connectivity index (χ0v) is 12.4. The predicted octanol–water partition coefficient (Wildman–Crippen LogP) is 4.28. The molecule has 0 N–H and O–H groups in total. The number of thiophene rings is 1. The molecule has 1 atom stereocenters. The predicted molar refractivity (Wildman–Crippen MR) is 76.4 cm³/mol. The Kier molecular flexibility index (Phi) is 3.63. The first-order chi connectivity index (χ1) is 8.78. The van der Waals surface area contributed by atoms with Gasteiger partial charge >= 0.3 is 0 Å². The van der Waals surface area contributed by atoms with Crippen molar-refractivity contribution >= 4 is 34.7 Å². The molecular weight excluding hydrogens is 288 g/mol. The molecule has 0 aromatic carbocycles. The molecule has 2 aromatic rings. The van der Waals surface area contributed by atoms with Crippen molar-refractivity contribution in [1.29, 1.82) is 0 Å². The Bertz CT molecular complexity index is 529. The Morgan fingerprint density at radius 2 is 2.44 bits per heavy atom. The summed E-state index contributed by atoms with van der Waals surface area (Å²) in [4.78, 5) is 6.92. The minimum Gasteiger partial charge on any atom is -0.333 e. The molecule has 0 saturated heterocycles. The summed E-state index contributed by atoms with van der Waals surface area (Å²) in [6.07, 6.45) is 1.96. The molecule has 0 radical (unpaired) electrons. The molecule has 0 bridgehead atoms. The highest BCUT2D eigenvalue weighted by atomic mass is 35.5. The summed E-state index contributed by atoms with van der Waals surface area (Å²) in [7, 11) is 0. The third-order valence-electron chi connectivity index (χ3n) is 2.92. The number of aryl methyl sites for hydroxylation is 1. The fourth-order valence-electron chi connectivity index (χ4n) is 1.90. The van der Waals surface area contributed by atoms with Gasteiger partial charge in [-0.25, -0.2) is 0 Å². The quantitative estimate of drug-likeness (QED) is 0.793. The third-order valence-corrected chi connectivity index (χ3v) is 5.66. The van der Waals surface area contributed by atoms with E-state index < -0.39 is 0 Å². The Hall–Kier alpha value is -0.520. The monoisotopic (exact) mass is 300 g/mol. The lowest BCUT2D eigenvalue weighted by molar-refractivity contribution is 0.422. The van der Waals surface area contributed by atoms with Crippen LogP contribution >= 0.6 is 34.7 Å². The summed E-state index contributed by atoms with van der Waals surface area (Å²) in [5.41, 5.74) is 1.42. The van der Waals surface area contributed by atoms with Gasteiger partial charge in [0.1, 0.15) is 0 Å². The fourth-order valence-corrected chi connectivity index (χ4v) is 4.28. The average Bonchev–Trinajstić information content (AvgIpc) is 3.03. The molecule has 3 rings (SSSR count). The van der Waals surface area contributed by atoms with Crippen LogP contribution in [0.2, 0.25) is 0 Å². The molecule has 1 unspecified atom stereocenters. The van der Waals surface area contributed by atoms with Crippen molar-refractivity contribution in [2.24, 2.45) is 0 Å². The number of aromatic nitrogens is 2. The summed E-state index contributed by atoms with van der Waals surface area (Å²) in [6.45, 7) is 2.01. The highest BCUT2D eigenvalue weighted by molar-refractivity contribution is 7.98. The van der Waals surface area contributed by atoms with Crippen molar-refractivity contribution in [3.05, 3.63) is 22.3 Å². The number of hydrogen-bond acceptors (Lipinski definition) is 5. The highest BCUT2D eigenvalue weighted by Crippen LogP contribution is 2.36. The minimum atomic E-state index is -0.160. The first-order valence-corrected chi connectivity index (χ1v) is 8.36. The number of halogens is 1. The van der Waals surface area contributed by atoms with Crippen LogP contribution in [0.15, 0.2) is 10.6 Å². The number of alkyl halides is 1. The van der Waals surface area contributed by atoms with E-state index in [9.17, 15) is 0 Å². The van der Waals surface area contributed by atoms with E-state index in [0.29, 0.717) is 11.7 Å². The largest absolute Gasteiger partial charge is 0.333 e. The van der Waals surface area contributed by atoms with Crippen molar-refractivity contribution in [2.75, 3.05) is 5.75 Å². The van der Waals surface area contributed by atoms with Crippen LogP contribution in [0.5, 0.6) is 0 Å². The maximum Gasteiger partial charge on any atom is 0.268 e. The Morgan fingerprint density at radius 1 is 1.56 bits per heavy atom. The van der Waals surface area contributed by atoms with Gasteiger partial charge in [-0.05, 0) is 30.2 Å². The molecule has 96 valence electrons. The fraction of sp³-hybridized carbons (Fsp3) is 0.500. The van der Waals surface area contributed by atoms with Gasteiger partial charge in [-0.3, -0.25) is 0 Å². The van der Waals surface area contributed by atoms with Gasteiger partial charge in [0.2, 0.25) is 0 Å². The SMILES string of the molecule is CCC(Cl)c1noc(-c2cc3c(s2)CCSC3)n1. The van der Waals surface area contributed by atoms with E-state index in [4.69, 9.17) is 16.1 Å². The summed E-state index contributed by atoms with van der Waals surface area (Å²) in [5, 5.41) is 3.79. The van der Waals surface area contributed by atoms with Crippen LogP contribution in [0.4, 0.5) is 0 Å². The zero-order valence-electron chi connectivity index (χ0n) is 9.98. The number of nitrogens with zero attached hydrogens (tertiary/aromatic N) is 2. The maximum absolute atomic E-state index is 6.11. The summed E-state index contributed by atoms with van der Waals surface area (Å²) in [6, 6.07) is 2.18. The smallest absolute Gasteiger partial charge is 0.268 e. The molecule has 3 heterocycles. The number of fused-ring (bicyclic) bond motifs is 1. The summed E-state index contributed by atoms with van der Waals surface area (Å²) in [5.74, 6) is 3.50. The van der Waals surface area contributed by atoms with E-state index >= 15 is 0 Å². The first kappa shape index (κ1) is 12.5. The molecular formula is C12H13ClN2OS2. The van der Waals surface area contributed by atoms with Crippen LogP contribution in [0.1, 0.15) is 35.0 Å². The van der Waals surface area contributed by atoms with Crippen molar-refractivity contribution in [3.8, 4) is 10.8 Å². The van der Waals surface area contributed by atoms with Crippen molar-refractivity contribution in [1.82, 2.24) is 10.1 Å². The molecule has 0 saturated carbocycles. The van der Waals surface area contributed by atoms with E-state index in [-0.39, 0.29) is 5.38 Å². The van der Waals surface area contributed by atoms with Crippen molar-refractivity contribution in [2.45, 2.75) is 30.9 Å². The Labute approximate surface area is 119 Å². The molecule has 1 aliphatic heterocycles. The summed E-state index contributed by atoms with van der Waals surface area (Å²) < 4.78 is 5.31. The lowest BCUT2D eigenvalue weighted by Gasteiger charge is -2.08. The van der Waals surface area contributed by atoms with E-state index in [1.54, 1.807) is 11.3 Å². The Morgan fingerprint density at radius 3 is 3.22 bits per heavy atom. The lowest BCUT2D eigenvalue weighted by Crippen LogP contribution is -1.96. The van der Waals surface area contributed by atoms with Gasteiger partial charge in [-0.2, -0.15) is 16.7 Å². The van der Waals surface area contributed by atoms with Crippen LogP contribution < -0.4 is 0 Å². The molecule has 0 fully saturated rings. The second kappa shape index (κ2) is 5.23. The van der Waals surface area contributed by atoms with Gasteiger partial charge < -0.3 is 4.52 Å². The van der Waals surface area contributed by atoms with Gasteiger partial charge in [-0.15, -0.1) is 22.9 Å². The molecule has 0 aliphatic carbocycles. The number of rotatable bonds is 3. The van der Waals surface area contributed by atoms with Gasteiger partial charge in [0.05, 0.1) is 10.3 Å². The van der Waals surface area contributed by atoms with Gasteiger partial charge in [0, 0.05) is 10.6 Å². The lowest BCUT2D eigenvalue weighted by atomic mass is 10.2. The number of thioether (sulfide) groups is 1. The van der Waals surface area contributed by atoms with E-state index in [1.165, 1.54) is 16.2 Å². The summed E-state index contributed by atoms with van der Waals surface area (Å²) >= 11 is 9.85. The normalized spacial score (nSPS) is 16.6. The van der Waals surface area contributed by atoms with Crippen LogP contribution in [0, 0.1) is 0 Å². The minimum absolute atomic E-state index is 0.160. The zero-order chi connectivity index (χ0) is 12.5. The second-order valence-corrected chi connectivity index (χ2v) is 6.96. The van der Waals surface area contributed by atoms with Gasteiger partial charge in [0.15, 0.2) is 5.82 Å². The number of hydrogen-bond donors (Lipinski definition) is 0. The van der Waals surface area contributed by atoms with E-state index in [1.807, 2.05) is 18.7 Å². The van der Waals surface area contributed by atoms with Gasteiger partial charge in [0.25, 0.3) is 5.89 Å². The molecule has 18 heavy (non-hydrogen) atoms. The second-order valence-electron chi connectivity index (χ2n) is 4.20. The van der Waals surface area contributed by atoms with Crippen LogP contribution in [-0.4, -0.2) is 15.9 Å². The molecule has 6 heteroatoms. The van der Waals surface area contributed by atoms with Crippen molar-refractivity contribution < 1.29 is 4.52 Å². The Balaban J connectivity index is 1.90. The van der Waals surface area contributed by atoms with Crippen molar-refractivity contribution in [3.63, 3.8) is 0 Å². The molecule has 3 nitrogen and oxygen atoms in total. The van der Waals surface area contributed by atoms with Crippen LogP contribution in [0.25, 0.3) is 10.8 Å². The van der Waals surface area contributed by atoms with E-state index in [2.05, 4.69) is 16.2 Å². The van der Waals surface area contributed by atoms with Gasteiger partial charge in [-0.1, -0.05) is 12.1 Å². The topological polar surface area (TPSA) is 38.9 Å². The standard InChI is InChI=1S/C12H13ClN2OS2/c1-2-8(13)11-14-12(16-15-11)10-5-7-6-17-4-3-9(7)18-10/h5,8H,2-4,6H2,1H3. The molecule has 1 aliphatic rings. The van der Waals surface area contributed by atoms with Crippen LogP contribution in [0.3, 0.4) is 0 Å². The van der Waals surface area contributed by atoms with E-state index in [0.717, 1.165) is 23.5 Å². The molecule has 0 spiro atoms. The average molecular weight is 301 g/mol. The highest BCUT2D eigenvalue weighted by Gasteiger charge is 2.19. The molecule has 2 aromatic heterocycles. The third kappa shape index (κ3) is 2.31. The maximum atomic E-state index is 6.11. The van der Waals surface area contributed by atoms with Crippen LogP contribution in [-0.2, 0) is 12.2 Å².